The second kappa shape index (κ2) is 5.48. The van der Waals surface area contributed by atoms with E-state index in [1.54, 1.807) is 42.2 Å². The van der Waals surface area contributed by atoms with Crippen molar-refractivity contribution < 1.29 is 0 Å². The molecule has 0 aliphatic rings. The number of benzene rings is 1. The molecule has 1 aromatic carbocycles. The highest BCUT2D eigenvalue weighted by atomic mass is 16.1. The smallest absolute Gasteiger partial charge is 0.252 e. The summed E-state index contributed by atoms with van der Waals surface area (Å²) in [6.07, 6.45) is 3.39. The molecule has 3 aromatic rings. The normalized spacial score (nSPS) is 12.3. The molecule has 0 bridgehead atoms. The van der Waals surface area contributed by atoms with Crippen molar-refractivity contribution in [3.63, 3.8) is 0 Å². The van der Waals surface area contributed by atoms with Crippen LogP contribution in [0.3, 0.4) is 0 Å². The molecule has 112 valence electrons. The summed E-state index contributed by atoms with van der Waals surface area (Å²) >= 11 is 0. The summed E-state index contributed by atoms with van der Waals surface area (Å²) in [7, 11) is 1.74. The summed E-state index contributed by atoms with van der Waals surface area (Å²) < 4.78 is 1.60. The Balaban J connectivity index is 2.09. The topological polar surface area (TPSA) is 85.8 Å². The van der Waals surface area contributed by atoms with Gasteiger partial charge in [0, 0.05) is 42.3 Å². The molecule has 0 saturated heterocycles. The van der Waals surface area contributed by atoms with Crippen LogP contribution in [0.5, 0.6) is 0 Å². The quantitative estimate of drug-likeness (QED) is 0.723. The van der Waals surface area contributed by atoms with E-state index in [2.05, 4.69) is 15.3 Å². The molecular weight excluding hydrogens is 278 g/mol. The number of fused-ring (bicyclic) bond motifs is 1. The van der Waals surface area contributed by atoms with Crippen LogP contribution in [0.15, 0.2) is 47.5 Å². The Kier molecular flexibility index (Phi) is 3.50. The lowest BCUT2D eigenvalue weighted by Gasteiger charge is -2.17. The summed E-state index contributed by atoms with van der Waals surface area (Å²) in [6, 6.07) is 8.70. The van der Waals surface area contributed by atoms with Crippen molar-refractivity contribution in [3.8, 4) is 0 Å². The van der Waals surface area contributed by atoms with Crippen LogP contribution in [0.4, 0.5) is 11.4 Å². The molecule has 0 radical (unpaired) electrons. The predicted octanol–water partition coefficient (Wildman–Crippen LogP) is 2.08. The number of anilines is 2. The van der Waals surface area contributed by atoms with Crippen molar-refractivity contribution >= 4 is 22.3 Å². The van der Waals surface area contributed by atoms with Gasteiger partial charge in [0.1, 0.15) is 5.82 Å². The van der Waals surface area contributed by atoms with Gasteiger partial charge in [0.2, 0.25) is 0 Å². The Morgan fingerprint density at radius 2 is 1.95 bits per heavy atom. The molecule has 6 heteroatoms. The number of nitrogens with one attached hydrogen (secondary N) is 1. The third kappa shape index (κ3) is 2.50. The molecule has 22 heavy (non-hydrogen) atoms. The van der Waals surface area contributed by atoms with Gasteiger partial charge in [0.25, 0.3) is 5.56 Å². The largest absolute Gasteiger partial charge is 0.399 e. The third-order valence-corrected chi connectivity index (χ3v) is 3.62. The van der Waals surface area contributed by atoms with Crippen molar-refractivity contribution in [2.24, 2.45) is 7.05 Å². The molecule has 1 atom stereocenters. The van der Waals surface area contributed by atoms with Crippen molar-refractivity contribution in [3.05, 3.63) is 58.9 Å². The summed E-state index contributed by atoms with van der Waals surface area (Å²) in [5.41, 5.74) is 8.00. The number of pyridine rings is 1. The first-order chi connectivity index (χ1) is 10.6. The second-order valence-electron chi connectivity index (χ2n) is 5.20. The van der Waals surface area contributed by atoms with Gasteiger partial charge in [0.05, 0.1) is 11.6 Å². The first-order valence-corrected chi connectivity index (χ1v) is 6.99. The van der Waals surface area contributed by atoms with Crippen LogP contribution in [-0.4, -0.2) is 14.5 Å². The van der Waals surface area contributed by atoms with Gasteiger partial charge in [-0.2, -0.15) is 0 Å². The molecule has 0 aliphatic carbocycles. The third-order valence-electron chi connectivity index (χ3n) is 3.62. The highest BCUT2D eigenvalue weighted by Gasteiger charge is 2.12. The number of hydrogen-bond donors (Lipinski definition) is 2. The first kappa shape index (κ1) is 14.1. The maximum absolute atomic E-state index is 12.1. The molecule has 3 rings (SSSR count). The van der Waals surface area contributed by atoms with Gasteiger partial charge < -0.3 is 15.6 Å². The number of aromatic nitrogens is 3. The minimum Gasteiger partial charge on any atom is -0.399 e. The molecule has 0 aliphatic heterocycles. The van der Waals surface area contributed by atoms with Crippen LogP contribution >= 0.6 is 0 Å². The van der Waals surface area contributed by atoms with E-state index >= 15 is 0 Å². The molecule has 2 aromatic heterocycles. The second-order valence-corrected chi connectivity index (χ2v) is 5.20. The Labute approximate surface area is 127 Å². The lowest BCUT2D eigenvalue weighted by Crippen LogP contribution is -2.19. The Hall–Kier alpha value is -2.89. The van der Waals surface area contributed by atoms with Gasteiger partial charge in [0.15, 0.2) is 0 Å². The average molecular weight is 295 g/mol. The maximum Gasteiger partial charge on any atom is 0.252 e. The monoisotopic (exact) mass is 295 g/mol. The number of nitrogens with zero attached hydrogens (tertiary/aromatic N) is 3. The standard InChI is InChI=1S/C16H17N5O/c1-10(16-18-6-3-7-19-16)20-13-9-15(22)21(2)14-5-4-11(17)8-12(13)14/h3-10,20H,17H2,1-2H3/t10-/m0/s1. The van der Waals surface area contributed by atoms with Crippen LogP contribution in [0, 0.1) is 0 Å². The Bertz CT molecular complexity index is 873. The molecule has 3 N–H and O–H groups in total. The molecule has 0 fully saturated rings. The van der Waals surface area contributed by atoms with E-state index in [0.29, 0.717) is 11.5 Å². The first-order valence-electron chi connectivity index (χ1n) is 6.99. The summed E-state index contributed by atoms with van der Waals surface area (Å²) in [6.45, 7) is 1.95. The molecule has 6 nitrogen and oxygen atoms in total. The van der Waals surface area contributed by atoms with Crippen molar-refractivity contribution in [1.29, 1.82) is 0 Å². The van der Waals surface area contributed by atoms with Gasteiger partial charge in [-0.05, 0) is 31.2 Å². The van der Waals surface area contributed by atoms with Gasteiger partial charge in [-0.3, -0.25) is 4.79 Å². The lowest BCUT2D eigenvalue weighted by molar-refractivity contribution is 0.788. The fraction of sp³-hybridized carbons (Fsp3) is 0.188. The molecule has 0 unspecified atom stereocenters. The number of aryl methyl sites for hydroxylation is 1. The SMILES string of the molecule is C[C@H](Nc1cc(=O)n(C)c2ccc(N)cc12)c1ncccn1. The molecular formula is C16H17N5O. The van der Waals surface area contributed by atoms with E-state index in [1.807, 2.05) is 19.1 Å². The highest BCUT2D eigenvalue weighted by molar-refractivity contribution is 5.93. The fourth-order valence-electron chi connectivity index (χ4n) is 2.43. The van der Waals surface area contributed by atoms with Gasteiger partial charge in [-0.15, -0.1) is 0 Å². The zero-order chi connectivity index (χ0) is 15.7. The van der Waals surface area contributed by atoms with E-state index in [-0.39, 0.29) is 11.6 Å². The number of nitrogen functional groups attached to an aromatic ring is 1. The van der Waals surface area contributed by atoms with Crippen molar-refractivity contribution in [2.45, 2.75) is 13.0 Å². The fourth-order valence-corrected chi connectivity index (χ4v) is 2.43. The van der Waals surface area contributed by atoms with E-state index in [1.165, 1.54) is 0 Å². The zero-order valence-corrected chi connectivity index (χ0v) is 12.4. The number of nitrogens with two attached hydrogens (primary N) is 1. The van der Waals surface area contributed by atoms with E-state index < -0.39 is 0 Å². The van der Waals surface area contributed by atoms with Crippen molar-refractivity contribution in [2.75, 3.05) is 11.1 Å². The van der Waals surface area contributed by atoms with Crippen LogP contribution in [0.2, 0.25) is 0 Å². The lowest BCUT2D eigenvalue weighted by atomic mass is 10.1. The maximum atomic E-state index is 12.1. The summed E-state index contributed by atoms with van der Waals surface area (Å²) in [5.74, 6) is 0.667. The highest BCUT2D eigenvalue weighted by Crippen LogP contribution is 2.26. The zero-order valence-electron chi connectivity index (χ0n) is 12.4. The average Bonchev–Trinajstić information content (AvgIpc) is 2.53. The number of hydrogen-bond acceptors (Lipinski definition) is 5. The van der Waals surface area contributed by atoms with E-state index in [0.717, 1.165) is 16.6 Å². The van der Waals surface area contributed by atoms with Crippen LogP contribution in [0.25, 0.3) is 10.9 Å². The van der Waals surface area contributed by atoms with E-state index in [4.69, 9.17) is 5.73 Å². The predicted molar refractivity (Wildman–Crippen MR) is 87.7 cm³/mol. The summed E-state index contributed by atoms with van der Waals surface area (Å²) in [4.78, 5) is 20.6. The Morgan fingerprint density at radius 1 is 1.23 bits per heavy atom. The van der Waals surface area contributed by atoms with Crippen LogP contribution < -0.4 is 16.6 Å². The molecule has 0 amide bonds. The summed E-state index contributed by atoms with van der Waals surface area (Å²) in [5, 5.41) is 4.20. The van der Waals surface area contributed by atoms with Crippen LogP contribution in [-0.2, 0) is 7.05 Å². The van der Waals surface area contributed by atoms with Crippen LogP contribution in [0.1, 0.15) is 18.8 Å². The molecule has 0 spiro atoms. The Morgan fingerprint density at radius 3 is 2.68 bits per heavy atom. The minimum absolute atomic E-state index is 0.0825. The van der Waals surface area contributed by atoms with Gasteiger partial charge >= 0.3 is 0 Å². The van der Waals surface area contributed by atoms with Gasteiger partial charge in [-0.1, -0.05) is 0 Å². The van der Waals surface area contributed by atoms with E-state index in [9.17, 15) is 4.79 Å². The minimum atomic E-state index is -0.127. The molecule has 0 saturated carbocycles. The van der Waals surface area contributed by atoms with Gasteiger partial charge in [-0.25, -0.2) is 9.97 Å². The molecule has 2 heterocycles. The van der Waals surface area contributed by atoms with Crippen molar-refractivity contribution in [1.82, 2.24) is 14.5 Å². The number of rotatable bonds is 3.